The topological polar surface area (TPSA) is 66.1 Å². The summed E-state index contributed by atoms with van der Waals surface area (Å²) in [7, 11) is 0. The fourth-order valence-electron chi connectivity index (χ4n) is 5.08. The van der Waals surface area contributed by atoms with Crippen LogP contribution < -0.4 is 4.90 Å². The number of halogens is 2. The summed E-state index contributed by atoms with van der Waals surface area (Å²) in [5, 5.41) is 5.63. The molecular formula is C22H20F2N6O. The van der Waals surface area contributed by atoms with E-state index in [2.05, 4.69) is 24.8 Å². The van der Waals surface area contributed by atoms with Crippen LogP contribution in [0.3, 0.4) is 0 Å². The van der Waals surface area contributed by atoms with Crippen LogP contribution in [0, 0.1) is 36.0 Å². The van der Waals surface area contributed by atoms with Crippen LogP contribution in [0.2, 0.25) is 0 Å². The number of hydrogen-bond donors (Lipinski definition) is 0. The van der Waals surface area contributed by atoms with Gasteiger partial charge in [0, 0.05) is 43.9 Å². The van der Waals surface area contributed by atoms with Crippen molar-refractivity contribution in [1.29, 1.82) is 0 Å². The van der Waals surface area contributed by atoms with Crippen molar-refractivity contribution in [2.24, 2.45) is 22.9 Å². The lowest BCUT2D eigenvalue weighted by Crippen LogP contribution is -2.33. The second kappa shape index (κ2) is 7.69. The molecule has 1 aliphatic carbocycles. The minimum absolute atomic E-state index is 0.0874. The third kappa shape index (κ3) is 3.63. The molecule has 4 atom stereocenters. The quantitative estimate of drug-likeness (QED) is 0.707. The SMILES string of the molecule is [C-]#[N+]c1ccnc(N2C[C@H]3CC(C(=O)N4N=CC[C@H]4c4cc(F)cc(F)c4)C[C@H]3C2)n1. The molecule has 2 fully saturated rings. The number of aromatic nitrogens is 2. The lowest BCUT2D eigenvalue weighted by molar-refractivity contribution is -0.137. The standard InChI is InChI=1S/C22H20F2N6O/c1-25-20-3-4-26-22(28-20)29-11-15-6-14(7-16(15)12-29)21(31)30-19(2-5-27-30)13-8-17(23)10-18(24)9-13/h3-5,8-10,14-16,19H,2,6-7,11-12H2/t14?,15-,16+,19-/m0/s1. The summed E-state index contributed by atoms with van der Waals surface area (Å²) in [6, 6.07) is 4.47. The fraction of sp³-hybridized carbons (Fsp3) is 0.409. The lowest BCUT2D eigenvalue weighted by atomic mass is 10.0. The molecule has 3 heterocycles. The molecule has 9 heteroatoms. The molecule has 3 aliphatic rings. The van der Waals surface area contributed by atoms with E-state index in [1.807, 2.05) is 0 Å². The Balaban J connectivity index is 1.26. The fourth-order valence-corrected chi connectivity index (χ4v) is 5.08. The highest BCUT2D eigenvalue weighted by Crippen LogP contribution is 2.44. The first-order valence-electron chi connectivity index (χ1n) is 10.3. The van der Waals surface area contributed by atoms with Crippen molar-refractivity contribution in [3.05, 3.63) is 59.1 Å². The van der Waals surface area contributed by atoms with Crippen LogP contribution in [-0.4, -0.2) is 40.2 Å². The molecule has 0 bridgehead atoms. The van der Waals surface area contributed by atoms with E-state index >= 15 is 0 Å². The molecule has 5 rings (SSSR count). The van der Waals surface area contributed by atoms with Gasteiger partial charge in [-0.2, -0.15) is 5.10 Å². The van der Waals surface area contributed by atoms with E-state index in [0.717, 1.165) is 32.0 Å². The number of benzene rings is 1. The monoisotopic (exact) mass is 422 g/mol. The first-order valence-corrected chi connectivity index (χ1v) is 10.3. The second-order valence-electron chi connectivity index (χ2n) is 8.36. The molecule has 1 aromatic carbocycles. The van der Waals surface area contributed by atoms with Gasteiger partial charge in [-0.05, 0) is 48.4 Å². The van der Waals surface area contributed by atoms with Gasteiger partial charge in [-0.25, -0.2) is 18.8 Å². The smallest absolute Gasteiger partial charge is 0.322 e. The molecule has 7 nitrogen and oxygen atoms in total. The van der Waals surface area contributed by atoms with Crippen LogP contribution in [0.5, 0.6) is 0 Å². The lowest BCUT2D eigenvalue weighted by Gasteiger charge is -2.26. The van der Waals surface area contributed by atoms with Crippen LogP contribution in [0.1, 0.15) is 30.9 Å². The maximum atomic E-state index is 13.7. The van der Waals surface area contributed by atoms with E-state index in [-0.39, 0.29) is 11.8 Å². The van der Waals surface area contributed by atoms with Crippen LogP contribution in [0.4, 0.5) is 20.5 Å². The number of hydrogen-bond acceptors (Lipinski definition) is 5. The van der Waals surface area contributed by atoms with Crippen molar-refractivity contribution in [2.75, 3.05) is 18.0 Å². The highest BCUT2D eigenvalue weighted by atomic mass is 19.1. The number of fused-ring (bicyclic) bond motifs is 1. The van der Waals surface area contributed by atoms with E-state index in [4.69, 9.17) is 6.57 Å². The van der Waals surface area contributed by atoms with Crippen molar-refractivity contribution in [2.45, 2.75) is 25.3 Å². The molecule has 0 spiro atoms. The summed E-state index contributed by atoms with van der Waals surface area (Å²) in [5.74, 6) is -0.00968. The Morgan fingerprint density at radius 3 is 2.52 bits per heavy atom. The van der Waals surface area contributed by atoms with Gasteiger partial charge in [-0.1, -0.05) is 11.6 Å². The predicted octanol–water partition coefficient (Wildman–Crippen LogP) is 3.73. The molecular weight excluding hydrogens is 402 g/mol. The molecule has 2 aliphatic heterocycles. The largest absolute Gasteiger partial charge is 0.360 e. The van der Waals surface area contributed by atoms with E-state index in [1.54, 1.807) is 18.5 Å². The normalized spacial score (nSPS) is 26.9. The van der Waals surface area contributed by atoms with Crippen molar-refractivity contribution in [3.8, 4) is 0 Å². The van der Waals surface area contributed by atoms with Gasteiger partial charge in [0.1, 0.15) is 11.6 Å². The summed E-state index contributed by atoms with van der Waals surface area (Å²) in [4.78, 5) is 27.2. The van der Waals surface area contributed by atoms with Gasteiger partial charge >= 0.3 is 5.95 Å². The van der Waals surface area contributed by atoms with Gasteiger partial charge in [0.25, 0.3) is 5.82 Å². The van der Waals surface area contributed by atoms with E-state index in [1.165, 1.54) is 17.1 Å². The molecule has 1 unspecified atom stereocenters. The minimum atomic E-state index is -0.658. The zero-order valence-corrected chi connectivity index (χ0v) is 16.7. The van der Waals surface area contributed by atoms with Crippen molar-refractivity contribution < 1.29 is 13.6 Å². The van der Waals surface area contributed by atoms with Crippen molar-refractivity contribution in [3.63, 3.8) is 0 Å². The maximum Gasteiger partial charge on any atom is 0.322 e. The van der Waals surface area contributed by atoms with Gasteiger partial charge in [0.15, 0.2) is 0 Å². The third-order valence-electron chi connectivity index (χ3n) is 6.45. The Kier molecular flexibility index (Phi) is 4.85. The molecule has 1 saturated heterocycles. The van der Waals surface area contributed by atoms with Gasteiger partial charge in [0.2, 0.25) is 5.91 Å². The number of carbonyl (C=O) groups is 1. The van der Waals surface area contributed by atoms with Crippen LogP contribution in [-0.2, 0) is 4.79 Å². The molecule has 1 saturated carbocycles. The van der Waals surface area contributed by atoms with Crippen molar-refractivity contribution in [1.82, 2.24) is 15.0 Å². The van der Waals surface area contributed by atoms with E-state index < -0.39 is 17.7 Å². The third-order valence-corrected chi connectivity index (χ3v) is 6.45. The average Bonchev–Trinajstić information content (AvgIpc) is 3.47. The molecule has 31 heavy (non-hydrogen) atoms. The van der Waals surface area contributed by atoms with Gasteiger partial charge in [-0.15, -0.1) is 0 Å². The summed E-state index contributed by atoms with van der Waals surface area (Å²) in [6.45, 7) is 8.61. The molecule has 2 aromatic rings. The predicted molar refractivity (Wildman–Crippen MR) is 109 cm³/mol. The average molecular weight is 422 g/mol. The molecule has 158 valence electrons. The highest BCUT2D eigenvalue weighted by Gasteiger charge is 2.46. The van der Waals surface area contributed by atoms with E-state index in [0.29, 0.717) is 35.6 Å². The van der Waals surface area contributed by atoms with E-state index in [9.17, 15) is 13.6 Å². The number of hydrazone groups is 1. The van der Waals surface area contributed by atoms with Gasteiger partial charge in [0.05, 0.1) is 6.04 Å². The summed E-state index contributed by atoms with van der Waals surface area (Å²) < 4.78 is 27.4. The number of nitrogens with zero attached hydrogens (tertiary/aromatic N) is 6. The molecule has 1 aromatic heterocycles. The first kappa shape index (κ1) is 19.5. The summed E-state index contributed by atoms with van der Waals surface area (Å²) in [6.07, 6.45) is 5.13. The van der Waals surface area contributed by atoms with Gasteiger partial charge in [-0.3, -0.25) is 4.79 Å². The van der Waals surface area contributed by atoms with Crippen LogP contribution in [0.25, 0.3) is 4.85 Å². The molecule has 0 radical (unpaired) electrons. The number of amides is 1. The molecule has 0 N–H and O–H groups in total. The number of carbonyl (C=O) groups excluding carboxylic acids is 1. The Labute approximate surface area is 178 Å². The summed E-state index contributed by atoms with van der Waals surface area (Å²) >= 11 is 0. The van der Waals surface area contributed by atoms with Crippen LogP contribution >= 0.6 is 0 Å². The zero-order valence-electron chi connectivity index (χ0n) is 16.7. The Morgan fingerprint density at radius 1 is 1.13 bits per heavy atom. The Morgan fingerprint density at radius 2 is 1.84 bits per heavy atom. The number of rotatable bonds is 3. The van der Waals surface area contributed by atoms with Crippen LogP contribution in [0.15, 0.2) is 35.6 Å². The number of anilines is 1. The Hall–Kier alpha value is -3.41. The molecule has 1 amide bonds. The zero-order chi connectivity index (χ0) is 21.5. The highest BCUT2D eigenvalue weighted by molar-refractivity contribution is 5.82. The second-order valence-corrected chi connectivity index (χ2v) is 8.36. The van der Waals surface area contributed by atoms with Gasteiger partial charge < -0.3 is 9.74 Å². The summed E-state index contributed by atoms with van der Waals surface area (Å²) in [5.41, 5.74) is 0.421. The first-order chi connectivity index (χ1) is 15.0. The Bertz CT molecular complexity index is 1070. The maximum absolute atomic E-state index is 13.7. The van der Waals surface area contributed by atoms with Crippen molar-refractivity contribution >= 4 is 23.9 Å². The minimum Gasteiger partial charge on any atom is -0.360 e.